The van der Waals surface area contributed by atoms with E-state index in [1.165, 1.54) is 24.3 Å². The number of carbonyl (C=O) groups is 1. The monoisotopic (exact) mass is 501 g/mol. The van der Waals surface area contributed by atoms with Gasteiger partial charge in [-0.2, -0.15) is 0 Å². The summed E-state index contributed by atoms with van der Waals surface area (Å²) < 4.78 is 47.2. The van der Waals surface area contributed by atoms with E-state index in [0.29, 0.717) is 50.3 Å². The predicted octanol–water partition coefficient (Wildman–Crippen LogP) is 2.96. The standard InChI is InChI=1S/C25H25F2N3O6/c26-14-9-12(30-5-7-34-8-6-30)10-15(27)20(14)16-2-3-17-22(28-16)21(25(32)33)24(29-17)36-19-4-1-13-18(31)11-35-23(13)19/h2-3,9-10,13,18-19,23,29,31H,1,4-8,11H2,(H,32,33)/t13?,18-,19-,23+/m1/s1. The molecule has 6 rings (SSSR count). The summed E-state index contributed by atoms with van der Waals surface area (Å²) >= 11 is 0. The number of aliphatic hydroxyl groups is 1. The van der Waals surface area contributed by atoms with Crippen LogP contribution in [0.25, 0.3) is 22.3 Å². The number of fused-ring (bicyclic) bond motifs is 2. The third-order valence-electron chi connectivity index (χ3n) is 7.28. The van der Waals surface area contributed by atoms with Crippen molar-refractivity contribution in [1.29, 1.82) is 0 Å². The van der Waals surface area contributed by atoms with E-state index in [1.807, 2.05) is 4.90 Å². The van der Waals surface area contributed by atoms with Gasteiger partial charge >= 0.3 is 5.97 Å². The Bertz CT molecular complexity index is 1300. The van der Waals surface area contributed by atoms with E-state index in [4.69, 9.17) is 14.2 Å². The summed E-state index contributed by atoms with van der Waals surface area (Å²) in [7, 11) is 0. The molecule has 0 bridgehead atoms. The lowest BCUT2D eigenvalue weighted by atomic mass is 10.0. The fraction of sp³-hybridized carbons (Fsp3) is 0.440. The molecular formula is C25H25F2N3O6. The van der Waals surface area contributed by atoms with Crippen molar-refractivity contribution in [3.8, 4) is 17.1 Å². The number of aromatic amines is 1. The molecule has 9 nitrogen and oxygen atoms in total. The van der Waals surface area contributed by atoms with Crippen LogP contribution in [0.15, 0.2) is 24.3 Å². The van der Waals surface area contributed by atoms with Crippen LogP contribution in [0.4, 0.5) is 14.5 Å². The van der Waals surface area contributed by atoms with E-state index >= 15 is 8.78 Å². The number of carboxylic acid groups (broad SMARTS) is 1. The van der Waals surface area contributed by atoms with Crippen LogP contribution in [-0.4, -0.2) is 77.4 Å². The van der Waals surface area contributed by atoms with Crippen molar-refractivity contribution in [2.24, 2.45) is 5.92 Å². The van der Waals surface area contributed by atoms with Gasteiger partial charge in [-0.3, -0.25) is 0 Å². The van der Waals surface area contributed by atoms with Crippen molar-refractivity contribution in [3.63, 3.8) is 0 Å². The van der Waals surface area contributed by atoms with Gasteiger partial charge in [-0.05, 0) is 37.1 Å². The van der Waals surface area contributed by atoms with Crippen LogP contribution < -0.4 is 9.64 Å². The Hall–Kier alpha value is -3.28. The van der Waals surface area contributed by atoms with E-state index in [9.17, 15) is 15.0 Å². The summed E-state index contributed by atoms with van der Waals surface area (Å²) in [5.41, 5.74) is 0.227. The molecule has 11 heteroatoms. The summed E-state index contributed by atoms with van der Waals surface area (Å²) in [5, 5.41) is 20.0. The Kier molecular flexibility index (Phi) is 5.78. The Balaban J connectivity index is 1.35. The Morgan fingerprint density at radius 3 is 2.64 bits per heavy atom. The molecule has 3 aromatic rings. The third-order valence-corrected chi connectivity index (χ3v) is 7.28. The lowest BCUT2D eigenvalue weighted by Crippen LogP contribution is -2.36. The highest BCUT2D eigenvalue weighted by molar-refractivity contribution is 6.04. The molecule has 4 heterocycles. The first-order chi connectivity index (χ1) is 17.4. The largest absolute Gasteiger partial charge is 0.477 e. The normalized spacial score (nSPS) is 25.9. The van der Waals surface area contributed by atoms with Gasteiger partial charge in [-0.15, -0.1) is 0 Å². The first kappa shape index (κ1) is 23.1. The zero-order chi connectivity index (χ0) is 25.0. The highest BCUT2D eigenvalue weighted by Gasteiger charge is 2.47. The van der Waals surface area contributed by atoms with Gasteiger partial charge in [0, 0.05) is 24.7 Å². The maximum Gasteiger partial charge on any atom is 0.343 e. The van der Waals surface area contributed by atoms with Crippen LogP contribution in [0.3, 0.4) is 0 Å². The number of anilines is 1. The minimum Gasteiger partial charge on any atom is -0.477 e. The average molecular weight is 501 g/mol. The van der Waals surface area contributed by atoms with Gasteiger partial charge in [0.05, 0.1) is 48.8 Å². The number of pyridine rings is 1. The zero-order valence-corrected chi connectivity index (χ0v) is 19.2. The van der Waals surface area contributed by atoms with Crippen molar-refractivity contribution in [3.05, 3.63) is 41.5 Å². The van der Waals surface area contributed by atoms with Gasteiger partial charge < -0.3 is 34.3 Å². The first-order valence-electron chi connectivity index (χ1n) is 11.9. The highest BCUT2D eigenvalue weighted by Crippen LogP contribution is 2.40. The number of benzene rings is 1. The summed E-state index contributed by atoms with van der Waals surface area (Å²) in [4.78, 5) is 21.3. The number of aliphatic hydroxyl groups excluding tert-OH is 1. The molecule has 36 heavy (non-hydrogen) atoms. The number of morpholine rings is 1. The molecule has 190 valence electrons. The molecule has 0 radical (unpaired) electrons. The van der Waals surface area contributed by atoms with Crippen molar-refractivity contribution in [2.45, 2.75) is 31.2 Å². The number of H-pyrrole nitrogens is 1. The minimum atomic E-state index is -1.29. The third kappa shape index (κ3) is 3.87. The van der Waals surface area contributed by atoms with Crippen LogP contribution >= 0.6 is 0 Å². The topological polar surface area (TPSA) is 117 Å². The maximum atomic E-state index is 15.1. The van der Waals surface area contributed by atoms with Crippen molar-refractivity contribution < 1.29 is 38.0 Å². The molecular weight excluding hydrogens is 476 g/mol. The lowest BCUT2D eigenvalue weighted by Gasteiger charge is -2.29. The molecule has 3 N–H and O–H groups in total. The molecule has 0 amide bonds. The molecule has 1 saturated carbocycles. The predicted molar refractivity (Wildman–Crippen MR) is 124 cm³/mol. The Morgan fingerprint density at radius 1 is 1.17 bits per heavy atom. The summed E-state index contributed by atoms with van der Waals surface area (Å²) in [5.74, 6) is -2.92. The minimum absolute atomic E-state index is 0.00130. The van der Waals surface area contributed by atoms with Crippen molar-refractivity contribution in [1.82, 2.24) is 9.97 Å². The van der Waals surface area contributed by atoms with Crippen molar-refractivity contribution >= 4 is 22.7 Å². The molecule has 1 aliphatic carbocycles. The SMILES string of the molecule is O=C(O)c1c(O[C@@H]2CCC3[C@H](O)CO[C@@H]32)[nH]c2ccc(-c3c(F)cc(N4CCOCC4)cc3F)nc12. The number of ether oxygens (including phenoxy) is 3. The fourth-order valence-corrected chi connectivity index (χ4v) is 5.49. The Labute approximate surface area is 204 Å². The van der Waals surface area contributed by atoms with Crippen LogP contribution in [0, 0.1) is 17.6 Å². The Morgan fingerprint density at radius 2 is 1.92 bits per heavy atom. The number of halogens is 2. The lowest BCUT2D eigenvalue weighted by molar-refractivity contribution is 0.0147. The van der Waals surface area contributed by atoms with Gasteiger partial charge in [-0.25, -0.2) is 18.6 Å². The number of carboxylic acids is 1. The molecule has 3 aliphatic rings. The first-order valence-corrected chi connectivity index (χ1v) is 11.9. The van der Waals surface area contributed by atoms with Crippen LogP contribution in [0.1, 0.15) is 23.2 Å². The number of nitrogens with zero attached hydrogens (tertiary/aromatic N) is 2. The zero-order valence-electron chi connectivity index (χ0n) is 19.2. The highest BCUT2D eigenvalue weighted by atomic mass is 19.1. The van der Waals surface area contributed by atoms with Crippen LogP contribution in [0.2, 0.25) is 0 Å². The van der Waals surface area contributed by atoms with Crippen LogP contribution in [0.5, 0.6) is 5.88 Å². The summed E-state index contributed by atoms with van der Waals surface area (Å²) in [6.07, 6.45) is -0.00886. The molecule has 1 unspecified atom stereocenters. The van der Waals surface area contributed by atoms with E-state index in [2.05, 4.69) is 9.97 Å². The van der Waals surface area contributed by atoms with E-state index in [1.54, 1.807) is 0 Å². The molecule has 0 spiro atoms. The second kappa shape index (κ2) is 8.99. The number of nitrogens with one attached hydrogen (secondary N) is 1. The van der Waals surface area contributed by atoms with Gasteiger partial charge in [0.2, 0.25) is 5.88 Å². The average Bonchev–Trinajstić information content (AvgIpc) is 3.54. The second-order valence-electron chi connectivity index (χ2n) is 9.37. The van der Waals surface area contributed by atoms with Crippen LogP contribution in [-0.2, 0) is 9.47 Å². The van der Waals surface area contributed by atoms with E-state index < -0.39 is 29.8 Å². The van der Waals surface area contributed by atoms with Gasteiger partial charge in [0.15, 0.2) is 0 Å². The summed E-state index contributed by atoms with van der Waals surface area (Å²) in [6.45, 7) is 2.24. The number of hydrogen-bond donors (Lipinski definition) is 3. The number of aromatic carboxylic acids is 1. The molecule has 2 aromatic heterocycles. The molecule has 2 saturated heterocycles. The second-order valence-corrected chi connectivity index (χ2v) is 9.37. The molecule has 4 atom stereocenters. The summed E-state index contributed by atoms with van der Waals surface area (Å²) in [6, 6.07) is 5.48. The van der Waals surface area contributed by atoms with E-state index in [0.717, 1.165) is 0 Å². The quantitative estimate of drug-likeness (QED) is 0.489. The maximum absolute atomic E-state index is 15.1. The van der Waals surface area contributed by atoms with Gasteiger partial charge in [0.1, 0.15) is 28.8 Å². The number of rotatable bonds is 5. The molecule has 1 aromatic carbocycles. The molecule has 2 aliphatic heterocycles. The van der Waals surface area contributed by atoms with Gasteiger partial charge in [-0.1, -0.05) is 0 Å². The number of aromatic nitrogens is 2. The van der Waals surface area contributed by atoms with Gasteiger partial charge in [0.25, 0.3) is 0 Å². The molecule has 3 fully saturated rings. The number of hydrogen-bond acceptors (Lipinski definition) is 7. The van der Waals surface area contributed by atoms with E-state index in [-0.39, 0.29) is 46.8 Å². The fourth-order valence-electron chi connectivity index (χ4n) is 5.49. The van der Waals surface area contributed by atoms with Crippen molar-refractivity contribution in [2.75, 3.05) is 37.8 Å². The smallest absolute Gasteiger partial charge is 0.343 e.